The molecule has 1 aromatic carbocycles. The van der Waals surface area contributed by atoms with Gasteiger partial charge in [0.25, 0.3) is 5.69 Å². The molecule has 2 rings (SSSR count). The van der Waals surface area contributed by atoms with E-state index >= 15 is 0 Å². The molecule has 0 radical (unpaired) electrons. The fourth-order valence-corrected chi connectivity index (χ4v) is 3.17. The van der Waals surface area contributed by atoms with Gasteiger partial charge in [0.05, 0.1) is 4.92 Å². The zero-order valence-corrected chi connectivity index (χ0v) is 13.8. The first-order chi connectivity index (χ1) is 10.7. The molecule has 1 aromatic rings. The second-order valence-corrected chi connectivity index (χ2v) is 5.96. The van der Waals surface area contributed by atoms with Crippen LogP contribution >= 0.6 is 0 Å². The van der Waals surface area contributed by atoms with Crippen LogP contribution in [0.2, 0.25) is 0 Å². The second kappa shape index (κ2) is 8.01. The van der Waals surface area contributed by atoms with E-state index in [-0.39, 0.29) is 10.6 Å². The van der Waals surface area contributed by atoms with Crippen molar-refractivity contribution < 1.29 is 4.92 Å². The van der Waals surface area contributed by atoms with E-state index in [0.29, 0.717) is 0 Å². The fraction of sp³-hybridized carbons (Fsp3) is 0.647. The van der Waals surface area contributed by atoms with Crippen molar-refractivity contribution in [1.29, 1.82) is 0 Å². The molecule has 0 spiro atoms. The zero-order chi connectivity index (χ0) is 15.9. The standard InChI is InChI=1S/C17H27N3O2/c1-3-10-18(11-4-2)15-8-9-16(17(14-15)20(21)22)19-12-6-5-7-13-19/h8-9,14H,3-7,10-13H2,1-2H3. The Morgan fingerprint density at radius 3 is 2.32 bits per heavy atom. The molecule has 1 heterocycles. The van der Waals surface area contributed by atoms with Gasteiger partial charge in [-0.15, -0.1) is 0 Å². The van der Waals surface area contributed by atoms with Gasteiger partial charge in [0.1, 0.15) is 5.69 Å². The summed E-state index contributed by atoms with van der Waals surface area (Å²) in [6.45, 7) is 8.00. The van der Waals surface area contributed by atoms with Crippen LogP contribution in [0, 0.1) is 10.1 Å². The van der Waals surface area contributed by atoms with Gasteiger partial charge in [0, 0.05) is 37.9 Å². The molecule has 122 valence electrons. The number of hydrogen-bond donors (Lipinski definition) is 0. The second-order valence-electron chi connectivity index (χ2n) is 5.96. The number of nitrogens with zero attached hydrogens (tertiary/aromatic N) is 3. The van der Waals surface area contributed by atoms with Crippen molar-refractivity contribution >= 4 is 17.1 Å². The number of anilines is 2. The van der Waals surface area contributed by atoms with Gasteiger partial charge < -0.3 is 9.80 Å². The lowest BCUT2D eigenvalue weighted by Crippen LogP contribution is -2.30. The molecular weight excluding hydrogens is 278 g/mol. The molecule has 1 saturated heterocycles. The van der Waals surface area contributed by atoms with Gasteiger partial charge in [-0.2, -0.15) is 0 Å². The average Bonchev–Trinajstić information content (AvgIpc) is 2.55. The highest BCUT2D eigenvalue weighted by Crippen LogP contribution is 2.34. The topological polar surface area (TPSA) is 49.6 Å². The molecule has 0 saturated carbocycles. The minimum Gasteiger partial charge on any atom is -0.371 e. The molecule has 1 aliphatic heterocycles. The molecule has 1 fully saturated rings. The molecule has 22 heavy (non-hydrogen) atoms. The molecule has 5 nitrogen and oxygen atoms in total. The third-order valence-corrected chi connectivity index (χ3v) is 4.20. The van der Waals surface area contributed by atoms with Crippen molar-refractivity contribution in [3.8, 4) is 0 Å². The van der Waals surface area contributed by atoms with Crippen molar-refractivity contribution in [2.75, 3.05) is 36.0 Å². The van der Waals surface area contributed by atoms with Crippen LogP contribution in [0.25, 0.3) is 0 Å². The maximum Gasteiger partial charge on any atom is 0.294 e. The quantitative estimate of drug-likeness (QED) is 0.559. The first kappa shape index (κ1) is 16.6. The Hall–Kier alpha value is -1.78. The van der Waals surface area contributed by atoms with E-state index in [1.165, 1.54) is 6.42 Å². The maximum absolute atomic E-state index is 11.5. The highest BCUT2D eigenvalue weighted by molar-refractivity contribution is 5.69. The third-order valence-electron chi connectivity index (χ3n) is 4.20. The molecule has 0 N–H and O–H groups in total. The van der Waals surface area contributed by atoms with Crippen molar-refractivity contribution in [2.24, 2.45) is 0 Å². The van der Waals surface area contributed by atoms with Crippen LogP contribution in [0.15, 0.2) is 18.2 Å². The third kappa shape index (κ3) is 3.90. The minimum atomic E-state index is -0.233. The number of nitro benzene ring substituents is 1. The molecular formula is C17H27N3O2. The van der Waals surface area contributed by atoms with Crippen LogP contribution in [0.3, 0.4) is 0 Å². The minimum absolute atomic E-state index is 0.233. The number of nitro groups is 1. The summed E-state index contributed by atoms with van der Waals surface area (Å²) in [5.41, 5.74) is 1.99. The summed E-state index contributed by atoms with van der Waals surface area (Å²) >= 11 is 0. The van der Waals surface area contributed by atoms with Crippen molar-refractivity contribution in [3.05, 3.63) is 28.3 Å². The molecule has 0 amide bonds. The van der Waals surface area contributed by atoms with Crippen LogP contribution in [0.5, 0.6) is 0 Å². The highest BCUT2D eigenvalue weighted by Gasteiger charge is 2.22. The first-order valence-corrected chi connectivity index (χ1v) is 8.45. The van der Waals surface area contributed by atoms with Crippen molar-refractivity contribution in [2.45, 2.75) is 46.0 Å². The van der Waals surface area contributed by atoms with E-state index in [0.717, 1.165) is 63.2 Å². The smallest absolute Gasteiger partial charge is 0.294 e. The molecule has 1 aliphatic rings. The van der Waals surface area contributed by atoms with Crippen LogP contribution < -0.4 is 9.80 Å². The van der Waals surface area contributed by atoms with Gasteiger partial charge in [0.15, 0.2) is 0 Å². The molecule has 5 heteroatoms. The van der Waals surface area contributed by atoms with Gasteiger partial charge in [-0.1, -0.05) is 13.8 Å². The van der Waals surface area contributed by atoms with E-state index in [9.17, 15) is 10.1 Å². The molecule has 0 atom stereocenters. The van der Waals surface area contributed by atoms with Crippen molar-refractivity contribution in [3.63, 3.8) is 0 Å². The van der Waals surface area contributed by atoms with Gasteiger partial charge in [-0.05, 0) is 44.2 Å². The number of hydrogen-bond acceptors (Lipinski definition) is 4. The summed E-state index contributed by atoms with van der Waals surface area (Å²) in [6, 6.07) is 5.74. The Kier molecular flexibility index (Phi) is 6.04. The molecule has 0 aliphatic carbocycles. The van der Waals surface area contributed by atoms with Crippen LogP contribution in [0.4, 0.5) is 17.1 Å². The maximum atomic E-state index is 11.5. The van der Waals surface area contributed by atoms with Gasteiger partial charge in [-0.3, -0.25) is 10.1 Å². The Morgan fingerprint density at radius 2 is 1.77 bits per heavy atom. The summed E-state index contributed by atoms with van der Waals surface area (Å²) in [4.78, 5) is 15.7. The van der Waals surface area contributed by atoms with E-state index in [4.69, 9.17) is 0 Å². The Labute approximate surface area is 133 Å². The van der Waals surface area contributed by atoms with Gasteiger partial charge >= 0.3 is 0 Å². The Morgan fingerprint density at radius 1 is 1.14 bits per heavy atom. The predicted octanol–water partition coefficient (Wildman–Crippen LogP) is 4.21. The summed E-state index contributed by atoms with van der Waals surface area (Å²) in [5, 5.41) is 11.5. The van der Waals surface area contributed by atoms with Gasteiger partial charge in [0.2, 0.25) is 0 Å². The highest BCUT2D eigenvalue weighted by atomic mass is 16.6. The Bertz CT molecular complexity index is 493. The normalized spacial score (nSPS) is 14.9. The summed E-state index contributed by atoms with van der Waals surface area (Å²) in [5.74, 6) is 0. The lowest BCUT2D eigenvalue weighted by Gasteiger charge is -2.29. The van der Waals surface area contributed by atoms with E-state index in [1.807, 2.05) is 12.1 Å². The average molecular weight is 305 g/mol. The van der Waals surface area contributed by atoms with Gasteiger partial charge in [-0.25, -0.2) is 0 Å². The largest absolute Gasteiger partial charge is 0.371 e. The van der Waals surface area contributed by atoms with Crippen LogP contribution in [-0.2, 0) is 0 Å². The van der Waals surface area contributed by atoms with E-state index < -0.39 is 0 Å². The van der Waals surface area contributed by atoms with E-state index in [2.05, 4.69) is 23.6 Å². The van der Waals surface area contributed by atoms with Crippen molar-refractivity contribution in [1.82, 2.24) is 0 Å². The molecule has 0 unspecified atom stereocenters. The summed E-state index contributed by atoms with van der Waals surface area (Å²) in [6.07, 6.45) is 5.56. The Balaban J connectivity index is 2.31. The lowest BCUT2D eigenvalue weighted by atomic mass is 10.1. The lowest BCUT2D eigenvalue weighted by molar-refractivity contribution is -0.384. The zero-order valence-electron chi connectivity index (χ0n) is 13.8. The predicted molar refractivity (Wildman–Crippen MR) is 92.0 cm³/mol. The SMILES string of the molecule is CCCN(CCC)c1ccc(N2CCCCC2)c([N+](=O)[O-])c1. The monoisotopic (exact) mass is 305 g/mol. The molecule has 0 bridgehead atoms. The number of benzene rings is 1. The summed E-state index contributed by atoms with van der Waals surface area (Å²) in [7, 11) is 0. The van der Waals surface area contributed by atoms with Crippen LogP contribution in [-0.4, -0.2) is 31.1 Å². The summed E-state index contributed by atoms with van der Waals surface area (Å²) < 4.78 is 0. The number of rotatable bonds is 7. The molecule has 0 aromatic heterocycles. The fourth-order valence-electron chi connectivity index (χ4n) is 3.17. The first-order valence-electron chi connectivity index (χ1n) is 8.45. The number of piperidine rings is 1. The van der Waals surface area contributed by atoms with Crippen LogP contribution in [0.1, 0.15) is 46.0 Å². The van der Waals surface area contributed by atoms with E-state index in [1.54, 1.807) is 6.07 Å².